The monoisotopic (exact) mass is 368 g/mol. The highest BCUT2D eigenvalue weighted by Gasteiger charge is 2.18. The molecule has 142 valence electrons. The summed E-state index contributed by atoms with van der Waals surface area (Å²) >= 11 is 1.55. The van der Waals surface area contributed by atoms with Gasteiger partial charge in [0.1, 0.15) is 5.60 Å². The standard InChI is InChI=1S/C16H24N2O3S.C3H8/c1-11(18-15(20)21-16(2,3)4)12-6-8-13(9-7-12)14(19)17-10-22-5;1-3-2/h6-9,11H,10H2,1-5H3,(H,17,19)(H,18,20);3H2,1-2H3/t11-;/m0./s1. The second-order valence-corrected chi connectivity index (χ2v) is 7.50. The van der Waals surface area contributed by atoms with Gasteiger partial charge in [0, 0.05) is 5.56 Å². The van der Waals surface area contributed by atoms with Gasteiger partial charge in [0.05, 0.1) is 11.9 Å². The maximum Gasteiger partial charge on any atom is 0.408 e. The quantitative estimate of drug-likeness (QED) is 0.737. The smallest absolute Gasteiger partial charge is 0.408 e. The molecule has 25 heavy (non-hydrogen) atoms. The fraction of sp³-hybridized carbons (Fsp3) is 0.579. The van der Waals surface area contributed by atoms with Gasteiger partial charge in [-0.05, 0) is 51.6 Å². The summed E-state index contributed by atoms with van der Waals surface area (Å²) in [6.45, 7) is 11.6. The van der Waals surface area contributed by atoms with E-state index in [1.165, 1.54) is 6.42 Å². The molecule has 0 unspecified atom stereocenters. The maximum absolute atomic E-state index is 11.8. The molecule has 1 atom stereocenters. The maximum atomic E-state index is 11.8. The highest BCUT2D eigenvalue weighted by Crippen LogP contribution is 2.15. The molecule has 0 fully saturated rings. The molecular weight excluding hydrogens is 336 g/mol. The third-order valence-electron chi connectivity index (χ3n) is 2.78. The Morgan fingerprint density at radius 2 is 1.68 bits per heavy atom. The number of benzene rings is 1. The normalized spacial score (nSPS) is 11.6. The van der Waals surface area contributed by atoms with Crippen molar-refractivity contribution in [1.82, 2.24) is 10.6 Å². The molecule has 0 saturated heterocycles. The second kappa shape index (κ2) is 11.8. The average molecular weight is 369 g/mol. The Morgan fingerprint density at radius 3 is 2.12 bits per heavy atom. The summed E-state index contributed by atoms with van der Waals surface area (Å²) in [7, 11) is 0. The molecular formula is C19H32N2O3S. The Labute approximate surface area is 156 Å². The Bertz CT molecular complexity index is 524. The molecule has 0 radical (unpaired) electrons. The van der Waals surface area contributed by atoms with Crippen LogP contribution in [-0.2, 0) is 4.74 Å². The second-order valence-electron chi connectivity index (χ2n) is 6.64. The van der Waals surface area contributed by atoms with Gasteiger partial charge in [-0.15, -0.1) is 11.8 Å². The summed E-state index contributed by atoms with van der Waals surface area (Å²) in [5.74, 6) is 0.477. The van der Waals surface area contributed by atoms with Gasteiger partial charge < -0.3 is 15.4 Å². The van der Waals surface area contributed by atoms with Crippen molar-refractivity contribution in [1.29, 1.82) is 0 Å². The summed E-state index contributed by atoms with van der Waals surface area (Å²) in [6, 6.07) is 6.96. The van der Waals surface area contributed by atoms with Gasteiger partial charge in [-0.25, -0.2) is 4.79 Å². The molecule has 6 heteroatoms. The molecule has 0 aliphatic rings. The number of carbonyl (C=O) groups excluding carboxylic acids is 2. The number of nitrogens with one attached hydrogen (secondary N) is 2. The lowest BCUT2D eigenvalue weighted by atomic mass is 10.1. The zero-order valence-electron chi connectivity index (χ0n) is 16.4. The van der Waals surface area contributed by atoms with E-state index in [1.807, 2.05) is 46.1 Å². The van der Waals surface area contributed by atoms with Crippen molar-refractivity contribution in [2.45, 2.75) is 59.6 Å². The van der Waals surface area contributed by atoms with E-state index in [1.54, 1.807) is 23.9 Å². The summed E-state index contributed by atoms with van der Waals surface area (Å²) in [5.41, 5.74) is 0.984. The van der Waals surface area contributed by atoms with Crippen LogP contribution < -0.4 is 10.6 Å². The van der Waals surface area contributed by atoms with E-state index in [4.69, 9.17) is 4.74 Å². The SMILES string of the molecule is CCC.CSCNC(=O)c1ccc([C@H](C)NC(=O)OC(C)(C)C)cc1. The number of rotatable bonds is 5. The van der Waals surface area contributed by atoms with E-state index in [9.17, 15) is 9.59 Å². The van der Waals surface area contributed by atoms with Crippen LogP contribution in [0.25, 0.3) is 0 Å². The van der Waals surface area contributed by atoms with Gasteiger partial charge >= 0.3 is 6.09 Å². The number of ether oxygens (including phenoxy) is 1. The van der Waals surface area contributed by atoms with Crippen LogP contribution in [0.4, 0.5) is 4.79 Å². The molecule has 1 aromatic rings. The molecule has 5 nitrogen and oxygen atoms in total. The van der Waals surface area contributed by atoms with Crippen molar-refractivity contribution in [2.24, 2.45) is 0 Å². The third-order valence-corrected chi connectivity index (χ3v) is 3.22. The van der Waals surface area contributed by atoms with Crippen LogP contribution in [-0.4, -0.2) is 29.7 Å². The summed E-state index contributed by atoms with van der Waals surface area (Å²) in [5, 5.41) is 5.56. The first-order valence-corrected chi connectivity index (χ1v) is 9.90. The van der Waals surface area contributed by atoms with E-state index in [0.717, 1.165) is 5.56 Å². The molecule has 2 amide bonds. The van der Waals surface area contributed by atoms with Gasteiger partial charge in [0.25, 0.3) is 5.91 Å². The molecule has 1 aromatic carbocycles. The zero-order chi connectivity index (χ0) is 19.5. The van der Waals surface area contributed by atoms with Crippen LogP contribution in [0.15, 0.2) is 24.3 Å². The minimum absolute atomic E-state index is 0.103. The molecule has 1 rings (SSSR count). The summed E-state index contributed by atoms with van der Waals surface area (Å²) in [6.07, 6.45) is 2.72. The van der Waals surface area contributed by atoms with E-state index in [2.05, 4.69) is 24.5 Å². The van der Waals surface area contributed by atoms with Crippen molar-refractivity contribution in [3.8, 4) is 0 Å². The molecule has 0 aromatic heterocycles. The Hall–Kier alpha value is -1.69. The molecule has 0 bridgehead atoms. The summed E-state index contributed by atoms with van der Waals surface area (Å²) in [4.78, 5) is 23.5. The number of amides is 2. The van der Waals surface area contributed by atoms with Gasteiger partial charge in [-0.1, -0.05) is 32.4 Å². The van der Waals surface area contributed by atoms with Crippen LogP contribution in [0.1, 0.15) is 69.9 Å². The van der Waals surface area contributed by atoms with Crippen LogP contribution >= 0.6 is 11.8 Å². The van der Waals surface area contributed by atoms with Gasteiger partial charge in [0.2, 0.25) is 0 Å². The minimum Gasteiger partial charge on any atom is -0.444 e. The van der Waals surface area contributed by atoms with Crippen molar-refractivity contribution < 1.29 is 14.3 Å². The number of hydrogen-bond acceptors (Lipinski definition) is 4. The summed E-state index contributed by atoms with van der Waals surface area (Å²) < 4.78 is 5.22. The van der Waals surface area contributed by atoms with Gasteiger partial charge in [0.15, 0.2) is 0 Å². The van der Waals surface area contributed by atoms with Crippen LogP contribution in [0.3, 0.4) is 0 Å². The topological polar surface area (TPSA) is 67.4 Å². The van der Waals surface area contributed by atoms with Crippen molar-refractivity contribution >= 4 is 23.8 Å². The van der Waals surface area contributed by atoms with Crippen molar-refractivity contribution in [3.05, 3.63) is 35.4 Å². The highest BCUT2D eigenvalue weighted by molar-refractivity contribution is 7.98. The number of alkyl carbamates (subject to hydrolysis) is 1. The first-order valence-electron chi connectivity index (χ1n) is 8.51. The fourth-order valence-corrected chi connectivity index (χ4v) is 2.01. The lowest BCUT2D eigenvalue weighted by Gasteiger charge is -2.22. The molecule has 0 heterocycles. The lowest BCUT2D eigenvalue weighted by molar-refractivity contribution is 0.0507. The average Bonchev–Trinajstić information content (AvgIpc) is 2.51. The number of thioether (sulfide) groups is 1. The number of hydrogen-bond donors (Lipinski definition) is 2. The molecule has 0 aliphatic carbocycles. The minimum atomic E-state index is -0.525. The van der Waals surface area contributed by atoms with Crippen molar-refractivity contribution in [2.75, 3.05) is 12.1 Å². The van der Waals surface area contributed by atoms with E-state index in [-0.39, 0.29) is 11.9 Å². The predicted octanol–water partition coefficient (Wildman–Crippen LogP) is 4.74. The van der Waals surface area contributed by atoms with Crippen molar-refractivity contribution in [3.63, 3.8) is 0 Å². The lowest BCUT2D eigenvalue weighted by Crippen LogP contribution is -2.34. The van der Waals surface area contributed by atoms with Crippen LogP contribution in [0, 0.1) is 0 Å². The van der Waals surface area contributed by atoms with Gasteiger partial charge in [-0.3, -0.25) is 4.79 Å². The Balaban J connectivity index is 0.00000178. The Morgan fingerprint density at radius 1 is 1.16 bits per heavy atom. The Kier molecular flexibility index (Phi) is 11.0. The van der Waals surface area contributed by atoms with E-state index in [0.29, 0.717) is 11.4 Å². The highest BCUT2D eigenvalue weighted by atomic mass is 32.2. The molecule has 0 aliphatic heterocycles. The van der Waals surface area contributed by atoms with E-state index >= 15 is 0 Å². The predicted molar refractivity (Wildman–Crippen MR) is 106 cm³/mol. The van der Waals surface area contributed by atoms with E-state index < -0.39 is 11.7 Å². The molecule has 0 saturated carbocycles. The first kappa shape index (κ1) is 23.3. The largest absolute Gasteiger partial charge is 0.444 e. The number of carbonyl (C=O) groups is 2. The molecule has 2 N–H and O–H groups in total. The zero-order valence-corrected chi connectivity index (χ0v) is 17.3. The van der Waals surface area contributed by atoms with Crippen LogP contribution in [0.2, 0.25) is 0 Å². The first-order chi connectivity index (χ1) is 11.6. The third kappa shape index (κ3) is 10.7. The molecule has 0 spiro atoms. The van der Waals surface area contributed by atoms with Crippen LogP contribution in [0.5, 0.6) is 0 Å². The van der Waals surface area contributed by atoms with Gasteiger partial charge in [-0.2, -0.15) is 0 Å². The fourth-order valence-electron chi connectivity index (χ4n) is 1.73.